The van der Waals surface area contributed by atoms with Crippen LogP contribution in [0, 0.1) is 5.82 Å². The molecule has 0 bridgehead atoms. The Balaban J connectivity index is 1.83. The number of hydrogen-bond donors (Lipinski definition) is 1. The first-order valence-corrected chi connectivity index (χ1v) is 9.54. The predicted molar refractivity (Wildman–Crippen MR) is 111 cm³/mol. The van der Waals surface area contributed by atoms with Crippen molar-refractivity contribution in [2.45, 2.75) is 25.4 Å². The summed E-state index contributed by atoms with van der Waals surface area (Å²) in [7, 11) is 5.38. The minimum atomic E-state index is -0.460. The van der Waals surface area contributed by atoms with Gasteiger partial charge in [0.2, 0.25) is 5.91 Å². The van der Waals surface area contributed by atoms with E-state index in [0.29, 0.717) is 12.2 Å². The van der Waals surface area contributed by atoms with Gasteiger partial charge in [-0.05, 0) is 54.8 Å². The first-order chi connectivity index (χ1) is 13.9. The molecule has 0 unspecified atom stereocenters. The summed E-state index contributed by atoms with van der Waals surface area (Å²) in [5, 5.41) is 2.81. The summed E-state index contributed by atoms with van der Waals surface area (Å²) in [5.41, 5.74) is 2.72. The molecular weight excluding hydrogens is 373 g/mol. The molecule has 154 valence electrons. The number of ether oxygens (including phenoxy) is 1. The largest absolute Gasteiger partial charge is 0.377 e. The minimum Gasteiger partial charge on any atom is -0.377 e. The Hall–Kier alpha value is -2.93. The van der Waals surface area contributed by atoms with Crippen molar-refractivity contribution in [3.63, 3.8) is 0 Å². The second-order valence-corrected chi connectivity index (χ2v) is 7.39. The van der Waals surface area contributed by atoms with E-state index in [2.05, 4.69) is 5.32 Å². The molecule has 2 aromatic carbocycles. The van der Waals surface area contributed by atoms with Crippen LogP contribution in [0.2, 0.25) is 0 Å². The molecule has 1 fully saturated rings. The van der Waals surface area contributed by atoms with E-state index in [4.69, 9.17) is 4.74 Å². The topological polar surface area (TPSA) is 61.9 Å². The van der Waals surface area contributed by atoms with Crippen molar-refractivity contribution in [2.75, 3.05) is 38.0 Å². The summed E-state index contributed by atoms with van der Waals surface area (Å²) in [6.45, 7) is 0.480. The predicted octanol–water partition coefficient (Wildman–Crippen LogP) is 3.28. The number of carbonyl (C=O) groups is 2. The van der Waals surface area contributed by atoms with Gasteiger partial charge in [-0.2, -0.15) is 0 Å². The van der Waals surface area contributed by atoms with Crippen LogP contribution in [0.3, 0.4) is 0 Å². The molecule has 1 N–H and O–H groups in total. The fourth-order valence-electron chi connectivity index (χ4n) is 3.26. The number of nitrogens with one attached hydrogen (secondary N) is 1. The Morgan fingerprint density at radius 3 is 2.55 bits per heavy atom. The molecule has 0 radical (unpaired) electrons. The Labute approximate surface area is 170 Å². The molecule has 0 spiro atoms. The van der Waals surface area contributed by atoms with E-state index < -0.39 is 5.82 Å². The lowest BCUT2D eigenvalue weighted by Gasteiger charge is -2.26. The monoisotopic (exact) mass is 399 g/mol. The molecule has 0 atom stereocenters. The summed E-state index contributed by atoms with van der Waals surface area (Å²) in [6.07, 6.45) is 1.98. The molecule has 0 aliphatic heterocycles. The molecule has 1 saturated carbocycles. The van der Waals surface area contributed by atoms with E-state index in [-0.39, 0.29) is 30.0 Å². The van der Waals surface area contributed by atoms with Crippen LogP contribution < -0.4 is 10.2 Å². The number of nitrogens with zero attached hydrogens (tertiary/aromatic N) is 2. The summed E-state index contributed by atoms with van der Waals surface area (Å²) in [5.74, 6) is -0.894. The molecule has 6 nitrogen and oxygen atoms in total. The zero-order valence-corrected chi connectivity index (χ0v) is 16.9. The van der Waals surface area contributed by atoms with Crippen molar-refractivity contribution in [1.82, 2.24) is 4.90 Å². The second kappa shape index (κ2) is 9.05. The molecule has 0 aromatic heterocycles. The number of hydrogen-bond acceptors (Lipinski definition) is 4. The van der Waals surface area contributed by atoms with E-state index in [0.717, 1.165) is 24.1 Å². The maximum atomic E-state index is 13.4. The van der Waals surface area contributed by atoms with Crippen LogP contribution in [0.5, 0.6) is 0 Å². The van der Waals surface area contributed by atoms with E-state index in [1.54, 1.807) is 12.1 Å². The smallest absolute Gasteiger partial charge is 0.255 e. The highest BCUT2D eigenvalue weighted by molar-refractivity contribution is 6.04. The lowest BCUT2D eigenvalue weighted by atomic mass is 10.1. The molecular formula is C22H26FN3O3. The van der Waals surface area contributed by atoms with Gasteiger partial charge in [-0.3, -0.25) is 9.59 Å². The van der Waals surface area contributed by atoms with Gasteiger partial charge in [0.05, 0.1) is 0 Å². The Morgan fingerprint density at radius 1 is 1.17 bits per heavy atom. The normalized spacial score (nSPS) is 13.1. The number of amides is 2. The summed E-state index contributed by atoms with van der Waals surface area (Å²) >= 11 is 0. The van der Waals surface area contributed by atoms with Crippen LogP contribution >= 0.6 is 0 Å². The zero-order chi connectivity index (χ0) is 21.0. The quantitative estimate of drug-likeness (QED) is 0.740. The van der Waals surface area contributed by atoms with Gasteiger partial charge in [0, 0.05) is 50.7 Å². The first-order valence-electron chi connectivity index (χ1n) is 9.54. The third-order valence-corrected chi connectivity index (χ3v) is 4.82. The van der Waals surface area contributed by atoms with Gasteiger partial charge in [-0.1, -0.05) is 6.07 Å². The van der Waals surface area contributed by atoms with Gasteiger partial charge in [-0.15, -0.1) is 0 Å². The Bertz CT molecular complexity index is 897. The second-order valence-electron chi connectivity index (χ2n) is 7.39. The van der Waals surface area contributed by atoms with Gasteiger partial charge in [0.25, 0.3) is 5.91 Å². The maximum absolute atomic E-state index is 13.4. The van der Waals surface area contributed by atoms with Crippen LogP contribution in [0.4, 0.5) is 15.8 Å². The van der Waals surface area contributed by atoms with Gasteiger partial charge in [-0.25, -0.2) is 4.39 Å². The Morgan fingerprint density at radius 2 is 1.93 bits per heavy atom. The SMILES string of the molecule is COCC(=O)N(Cc1cc(NC(=O)c2cccc(F)c2)ccc1N(C)C)C1CC1. The average Bonchev–Trinajstić information content (AvgIpc) is 3.51. The molecule has 2 aromatic rings. The summed E-state index contributed by atoms with van der Waals surface area (Å²) in [4.78, 5) is 28.7. The van der Waals surface area contributed by atoms with Crippen molar-refractivity contribution in [2.24, 2.45) is 0 Å². The van der Waals surface area contributed by atoms with Crippen molar-refractivity contribution < 1.29 is 18.7 Å². The molecule has 1 aliphatic rings. The lowest BCUT2D eigenvalue weighted by molar-refractivity contribution is -0.136. The number of halogens is 1. The number of anilines is 2. The highest BCUT2D eigenvalue weighted by Gasteiger charge is 2.33. The van der Waals surface area contributed by atoms with Crippen LogP contribution in [0.25, 0.3) is 0 Å². The van der Waals surface area contributed by atoms with Crippen molar-refractivity contribution in [3.05, 3.63) is 59.4 Å². The third-order valence-electron chi connectivity index (χ3n) is 4.82. The summed E-state index contributed by atoms with van der Waals surface area (Å²) in [6, 6.07) is 11.4. The number of methoxy groups -OCH3 is 1. The third kappa shape index (κ3) is 5.32. The zero-order valence-electron chi connectivity index (χ0n) is 16.9. The van der Waals surface area contributed by atoms with Gasteiger partial charge >= 0.3 is 0 Å². The molecule has 0 saturated heterocycles. The van der Waals surface area contributed by atoms with Gasteiger partial charge < -0.3 is 19.9 Å². The van der Waals surface area contributed by atoms with Gasteiger partial charge in [0.15, 0.2) is 0 Å². The van der Waals surface area contributed by atoms with Crippen molar-refractivity contribution in [3.8, 4) is 0 Å². The highest BCUT2D eigenvalue weighted by atomic mass is 19.1. The molecule has 29 heavy (non-hydrogen) atoms. The lowest BCUT2D eigenvalue weighted by Crippen LogP contribution is -2.35. The van der Waals surface area contributed by atoms with Crippen LogP contribution in [-0.2, 0) is 16.1 Å². The number of carbonyl (C=O) groups excluding carboxylic acids is 2. The average molecular weight is 399 g/mol. The van der Waals surface area contributed by atoms with Crippen LogP contribution in [-0.4, -0.2) is 50.6 Å². The van der Waals surface area contributed by atoms with Crippen LogP contribution in [0.1, 0.15) is 28.8 Å². The maximum Gasteiger partial charge on any atom is 0.255 e. The van der Waals surface area contributed by atoms with E-state index in [1.165, 1.54) is 25.3 Å². The Kier molecular flexibility index (Phi) is 6.49. The number of rotatable bonds is 8. The van der Waals surface area contributed by atoms with E-state index in [1.807, 2.05) is 36.0 Å². The molecule has 0 heterocycles. The van der Waals surface area contributed by atoms with E-state index in [9.17, 15) is 14.0 Å². The standard InChI is InChI=1S/C22H26FN3O3/c1-25(2)20-10-7-18(24-22(28)15-5-4-6-17(23)11-15)12-16(20)13-26(19-8-9-19)21(27)14-29-3/h4-7,10-12,19H,8-9,13-14H2,1-3H3,(H,24,28). The number of benzene rings is 2. The van der Waals surface area contributed by atoms with Gasteiger partial charge in [0.1, 0.15) is 12.4 Å². The molecule has 1 aliphatic carbocycles. The van der Waals surface area contributed by atoms with Crippen molar-refractivity contribution >= 4 is 23.2 Å². The molecule has 3 rings (SSSR count). The highest BCUT2D eigenvalue weighted by Crippen LogP contribution is 2.31. The molecule has 7 heteroatoms. The summed E-state index contributed by atoms with van der Waals surface area (Å²) < 4.78 is 18.4. The fraction of sp³-hybridized carbons (Fsp3) is 0.364. The first kappa shape index (κ1) is 20.8. The van der Waals surface area contributed by atoms with Crippen molar-refractivity contribution in [1.29, 1.82) is 0 Å². The van der Waals surface area contributed by atoms with E-state index >= 15 is 0 Å². The fourth-order valence-corrected chi connectivity index (χ4v) is 3.26. The van der Waals surface area contributed by atoms with Crippen LogP contribution in [0.15, 0.2) is 42.5 Å². The molecule has 2 amide bonds. The minimum absolute atomic E-state index is 0.0454.